The first kappa shape index (κ1) is 43.6. The van der Waals surface area contributed by atoms with Crippen LogP contribution in [0.1, 0.15) is 83.9 Å². The van der Waals surface area contributed by atoms with Gasteiger partial charge >= 0.3 is 6.09 Å². The normalized spacial score (nSPS) is 17.3. The Kier molecular flexibility index (Phi) is 14.6. The van der Waals surface area contributed by atoms with E-state index in [0.29, 0.717) is 11.3 Å². The number of aryl methyl sites for hydroxylation is 1. The van der Waals surface area contributed by atoms with Crippen molar-refractivity contribution in [1.82, 2.24) is 25.8 Å². The number of thiazole rings is 1. The monoisotopic (exact) mass is 796 g/mol. The summed E-state index contributed by atoms with van der Waals surface area (Å²) in [6.07, 6.45) is -3.56. The summed E-state index contributed by atoms with van der Waals surface area (Å²) in [5, 5.41) is 18.4. The second-order valence-electron chi connectivity index (χ2n) is 16.0. The molecule has 1 aromatic heterocycles. The second-order valence-corrected chi connectivity index (χ2v) is 16.9. The van der Waals surface area contributed by atoms with Crippen molar-refractivity contribution >= 4 is 41.1 Å². The lowest BCUT2D eigenvalue weighted by Gasteiger charge is -2.35. The van der Waals surface area contributed by atoms with E-state index < -0.39 is 71.3 Å². The van der Waals surface area contributed by atoms with E-state index in [0.717, 1.165) is 16.1 Å². The van der Waals surface area contributed by atoms with E-state index in [2.05, 4.69) is 20.9 Å². The Morgan fingerprint density at radius 1 is 1.04 bits per heavy atom. The number of benzene rings is 2. The zero-order valence-electron chi connectivity index (χ0n) is 32.9. The maximum Gasteiger partial charge on any atom is 0.407 e. The Hall–Kier alpha value is -5.09. The van der Waals surface area contributed by atoms with E-state index in [-0.39, 0.29) is 44.4 Å². The number of rotatable bonds is 15. The first-order valence-corrected chi connectivity index (χ1v) is 19.3. The molecular formula is C40H53FN6O8S. The van der Waals surface area contributed by atoms with Crippen LogP contribution in [0.2, 0.25) is 0 Å². The maximum absolute atomic E-state index is 15.4. The van der Waals surface area contributed by atoms with Crippen LogP contribution in [0, 0.1) is 12.3 Å². The lowest BCUT2D eigenvalue weighted by molar-refractivity contribution is -0.144. The Balaban J connectivity index is 1.39. The lowest BCUT2D eigenvalue weighted by atomic mass is 9.85. The Bertz CT molecular complexity index is 1860. The molecule has 2 aromatic carbocycles. The number of hydrogen-bond donors (Lipinski definition) is 5. The Morgan fingerprint density at radius 2 is 1.73 bits per heavy atom. The van der Waals surface area contributed by atoms with E-state index >= 15 is 4.39 Å². The summed E-state index contributed by atoms with van der Waals surface area (Å²) < 4.78 is 26.7. The Labute approximate surface area is 330 Å². The van der Waals surface area contributed by atoms with Gasteiger partial charge in [-0.15, -0.1) is 11.3 Å². The summed E-state index contributed by atoms with van der Waals surface area (Å²) in [6, 6.07) is 10.5. The minimum Gasteiger partial charge on any atom is -0.491 e. The van der Waals surface area contributed by atoms with Gasteiger partial charge in [-0.2, -0.15) is 0 Å². The fourth-order valence-electron chi connectivity index (χ4n) is 6.13. The van der Waals surface area contributed by atoms with Crippen molar-refractivity contribution in [3.8, 4) is 16.2 Å². The van der Waals surface area contributed by atoms with Crippen molar-refractivity contribution in [1.29, 1.82) is 0 Å². The van der Waals surface area contributed by atoms with Crippen LogP contribution in [0.3, 0.4) is 0 Å². The number of hydrogen-bond acceptors (Lipinski definition) is 10. The van der Waals surface area contributed by atoms with Crippen LogP contribution < -0.4 is 26.4 Å². The molecule has 0 saturated carbocycles. The minimum absolute atomic E-state index is 0.0120. The molecule has 0 spiro atoms. The number of nitrogens with two attached hydrogens (primary N) is 1. The Morgan fingerprint density at radius 3 is 2.34 bits per heavy atom. The third kappa shape index (κ3) is 12.7. The lowest BCUT2D eigenvalue weighted by Crippen LogP contribution is -2.58. The van der Waals surface area contributed by atoms with Crippen LogP contribution in [0.5, 0.6) is 5.75 Å². The third-order valence-corrected chi connectivity index (χ3v) is 9.92. The molecule has 5 atom stereocenters. The number of aromatic nitrogens is 1. The standard InChI is InChI=1S/C40H53FN6O8S/c1-23-33(56-22-43-23)25-11-13-26(14-12-25)35(41)46-36(51)30-19-28(48)20-47(30)37(52)34(39(2,3)4)45-32(50)18-24-9-8-10-29(17-24)54-21-27(15-16-31(42)49)44-38(53)55-40(5,6)7/h8-14,17,22,27-28,30,34-35,48H,15-16,18-21H2,1-7H3,(H2,42,49)(H,44,53)(H,45,50)(H,46,51)/t27-,28+,30-,34+,35+/m0/s1. The van der Waals surface area contributed by atoms with Gasteiger partial charge in [0.25, 0.3) is 0 Å². The van der Waals surface area contributed by atoms with Gasteiger partial charge < -0.3 is 41.2 Å². The number of likely N-dealkylation sites (tertiary alicyclic amines) is 1. The van der Waals surface area contributed by atoms with E-state index in [1.54, 1.807) is 95.6 Å². The molecule has 0 radical (unpaired) electrons. The van der Waals surface area contributed by atoms with Crippen molar-refractivity contribution < 1.29 is 42.9 Å². The van der Waals surface area contributed by atoms with Crippen LogP contribution in [-0.4, -0.2) is 87.7 Å². The second kappa shape index (κ2) is 18.7. The molecule has 16 heteroatoms. The van der Waals surface area contributed by atoms with Gasteiger partial charge in [-0.25, -0.2) is 14.2 Å². The number of alkyl carbamates (subject to hydrolysis) is 1. The number of amides is 5. The number of aliphatic hydroxyl groups is 1. The molecule has 1 saturated heterocycles. The van der Waals surface area contributed by atoms with Gasteiger partial charge in [0.05, 0.1) is 34.6 Å². The van der Waals surface area contributed by atoms with Crippen molar-refractivity contribution in [3.63, 3.8) is 0 Å². The number of alkyl halides is 1. The molecule has 0 unspecified atom stereocenters. The van der Waals surface area contributed by atoms with Gasteiger partial charge in [0.15, 0.2) is 6.30 Å². The summed E-state index contributed by atoms with van der Waals surface area (Å²) in [4.78, 5) is 71.1. The number of ether oxygens (including phenoxy) is 2. The molecule has 2 heterocycles. The molecule has 0 bridgehead atoms. The zero-order chi connectivity index (χ0) is 41.4. The first-order valence-electron chi connectivity index (χ1n) is 18.4. The van der Waals surface area contributed by atoms with Gasteiger partial charge in [-0.1, -0.05) is 57.2 Å². The van der Waals surface area contributed by atoms with Gasteiger partial charge in [-0.05, 0) is 62.8 Å². The van der Waals surface area contributed by atoms with E-state index in [1.807, 2.05) is 6.92 Å². The summed E-state index contributed by atoms with van der Waals surface area (Å²) in [5.41, 5.74) is 8.02. The fourth-order valence-corrected chi connectivity index (χ4v) is 6.95. The SMILES string of the molecule is Cc1ncsc1-c1ccc([C@H](F)NC(=O)[C@@H]2C[C@@H](O)CN2C(=O)[C@@H](NC(=O)Cc2cccc(OC[C@H](CCC(N)=O)NC(=O)OC(C)(C)C)c2)C(C)(C)C)cc1. The molecule has 1 aliphatic heterocycles. The average molecular weight is 797 g/mol. The van der Waals surface area contributed by atoms with Crippen LogP contribution in [0.15, 0.2) is 54.0 Å². The molecule has 0 aliphatic carbocycles. The van der Waals surface area contributed by atoms with Crippen molar-refractivity contribution in [2.45, 2.75) is 110 Å². The molecule has 5 amide bonds. The molecule has 3 aromatic rings. The number of β-amino-alcohol motifs (C(OH)–C–C–N with tert-alkyl or cyclic N) is 1. The minimum atomic E-state index is -1.87. The van der Waals surface area contributed by atoms with Gasteiger partial charge in [0.2, 0.25) is 23.6 Å². The van der Waals surface area contributed by atoms with Gasteiger partial charge in [0.1, 0.15) is 30.0 Å². The van der Waals surface area contributed by atoms with E-state index in [9.17, 15) is 29.1 Å². The highest BCUT2D eigenvalue weighted by Crippen LogP contribution is 2.30. The molecule has 6 N–H and O–H groups in total. The smallest absolute Gasteiger partial charge is 0.407 e. The number of nitrogens with one attached hydrogen (secondary N) is 3. The number of carbonyl (C=O) groups is 5. The number of primary amides is 1. The molecule has 304 valence electrons. The summed E-state index contributed by atoms with van der Waals surface area (Å²) in [5.74, 6) is -1.97. The number of aliphatic hydroxyl groups excluding tert-OH is 1. The average Bonchev–Trinajstić information content (AvgIpc) is 3.72. The molecule has 14 nitrogen and oxygen atoms in total. The molecule has 1 fully saturated rings. The number of nitrogens with zero attached hydrogens (tertiary/aromatic N) is 2. The van der Waals surface area contributed by atoms with Crippen LogP contribution in [0.4, 0.5) is 9.18 Å². The van der Waals surface area contributed by atoms with Crippen LogP contribution in [0.25, 0.3) is 10.4 Å². The number of halogens is 1. The van der Waals surface area contributed by atoms with Gasteiger partial charge in [0, 0.05) is 24.9 Å². The van der Waals surface area contributed by atoms with Crippen LogP contribution >= 0.6 is 11.3 Å². The summed E-state index contributed by atoms with van der Waals surface area (Å²) in [7, 11) is 0. The highest BCUT2D eigenvalue weighted by Gasteiger charge is 2.45. The predicted molar refractivity (Wildman–Crippen MR) is 209 cm³/mol. The van der Waals surface area contributed by atoms with Crippen molar-refractivity contribution in [3.05, 3.63) is 70.9 Å². The summed E-state index contributed by atoms with van der Waals surface area (Å²) in [6.45, 7) is 12.2. The highest BCUT2D eigenvalue weighted by molar-refractivity contribution is 7.13. The van der Waals surface area contributed by atoms with Crippen molar-refractivity contribution in [2.75, 3.05) is 13.2 Å². The predicted octanol–water partition coefficient (Wildman–Crippen LogP) is 4.48. The fraction of sp³-hybridized carbons (Fsp3) is 0.500. The topological polar surface area (TPSA) is 202 Å². The maximum atomic E-state index is 15.4. The van der Waals surface area contributed by atoms with E-state index in [4.69, 9.17) is 15.2 Å². The first-order chi connectivity index (χ1) is 26.2. The molecular weight excluding hydrogens is 744 g/mol. The molecule has 4 rings (SSSR count). The van der Waals surface area contributed by atoms with Gasteiger partial charge in [-0.3, -0.25) is 19.2 Å². The largest absolute Gasteiger partial charge is 0.491 e. The quantitative estimate of drug-likeness (QED) is 0.138. The van der Waals surface area contributed by atoms with E-state index in [1.165, 1.54) is 16.2 Å². The zero-order valence-corrected chi connectivity index (χ0v) is 33.7. The molecule has 56 heavy (non-hydrogen) atoms. The van der Waals surface area contributed by atoms with Crippen LogP contribution in [-0.2, 0) is 30.3 Å². The summed E-state index contributed by atoms with van der Waals surface area (Å²) >= 11 is 1.47. The molecule has 1 aliphatic rings. The van der Waals surface area contributed by atoms with Crippen molar-refractivity contribution in [2.24, 2.45) is 11.1 Å². The third-order valence-electron chi connectivity index (χ3n) is 8.94. The highest BCUT2D eigenvalue weighted by atomic mass is 32.1. The number of carbonyl (C=O) groups excluding carboxylic acids is 5.